The van der Waals surface area contributed by atoms with Gasteiger partial charge >= 0.3 is 6.03 Å². The summed E-state index contributed by atoms with van der Waals surface area (Å²) in [5.74, 6) is 0.0513. The predicted molar refractivity (Wildman–Crippen MR) is 102 cm³/mol. The van der Waals surface area contributed by atoms with Crippen LogP contribution < -0.4 is 16.4 Å². The molecule has 0 heterocycles. The third-order valence-corrected chi connectivity index (χ3v) is 4.29. The first kappa shape index (κ1) is 20.8. The van der Waals surface area contributed by atoms with E-state index in [-0.39, 0.29) is 18.4 Å². The number of thioether (sulfide) groups is 1. The highest BCUT2D eigenvalue weighted by molar-refractivity contribution is 7.98. The lowest BCUT2D eigenvalue weighted by Gasteiger charge is -2.23. The van der Waals surface area contributed by atoms with Gasteiger partial charge in [0, 0.05) is 12.7 Å². The lowest BCUT2D eigenvalue weighted by Crippen LogP contribution is -2.50. The van der Waals surface area contributed by atoms with Crippen LogP contribution in [0.25, 0.3) is 0 Å². The van der Waals surface area contributed by atoms with Crippen LogP contribution >= 0.6 is 11.8 Å². The summed E-state index contributed by atoms with van der Waals surface area (Å²) in [4.78, 5) is 37.1. The van der Waals surface area contributed by atoms with Crippen LogP contribution in [0.1, 0.15) is 17.5 Å². The summed E-state index contributed by atoms with van der Waals surface area (Å²) in [5.41, 5.74) is 7.83. The summed E-state index contributed by atoms with van der Waals surface area (Å²) in [6, 6.07) is 4.28. The van der Waals surface area contributed by atoms with Gasteiger partial charge in [0.1, 0.15) is 6.04 Å². The summed E-state index contributed by atoms with van der Waals surface area (Å²) in [6.45, 7) is 3.73. The van der Waals surface area contributed by atoms with Gasteiger partial charge in [0.05, 0.1) is 6.54 Å². The van der Waals surface area contributed by atoms with Gasteiger partial charge in [-0.25, -0.2) is 4.79 Å². The molecule has 25 heavy (non-hydrogen) atoms. The Balaban J connectivity index is 2.69. The molecule has 1 aromatic rings. The van der Waals surface area contributed by atoms with Crippen molar-refractivity contribution in [2.45, 2.75) is 26.3 Å². The maximum absolute atomic E-state index is 12.5. The molecule has 0 aromatic heterocycles. The lowest BCUT2D eigenvalue weighted by atomic mass is 10.1. The van der Waals surface area contributed by atoms with Crippen molar-refractivity contribution in [1.29, 1.82) is 0 Å². The molecule has 1 aromatic carbocycles. The Morgan fingerprint density at radius 3 is 2.56 bits per heavy atom. The van der Waals surface area contributed by atoms with Crippen molar-refractivity contribution in [1.82, 2.24) is 10.2 Å². The molecule has 8 heteroatoms. The molecule has 0 unspecified atom stereocenters. The molecular weight excluding hydrogens is 340 g/mol. The summed E-state index contributed by atoms with van der Waals surface area (Å²) < 4.78 is 0. The molecule has 4 N–H and O–H groups in total. The molecule has 4 amide bonds. The van der Waals surface area contributed by atoms with E-state index in [4.69, 9.17) is 5.73 Å². The van der Waals surface area contributed by atoms with Crippen LogP contribution in [0.15, 0.2) is 18.2 Å². The molecule has 0 spiro atoms. The second kappa shape index (κ2) is 9.93. The third-order valence-electron chi connectivity index (χ3n) is 3.65. The minimum Gasteiger partial charge on any atom is -0.352 e. The van der Waals surface area contributed by atoms with E-state index in [0.717, 1.165) is 16.8 Å². The van der Waals surface area contributed by atoms with Gasteiger partial charge in [0.2, 0.25) is 11.8 Å². The van der Waals surface area contributed by atoms with Crippen molar-refractivity contribution in [3.8, 4) is 0 Å². The minimum absolute atomic E-state index is 0.109. The van der Waals surface area contributed by atoms with Gasteiger partial charge in [-0.05, 0) is 49.5 Å². The molecule has 1 atom stereocenters. The average molecular weight is 366 g/mol. The van der Waals surface area contributed by atoms with Crippen LogP contribution in [0, 0.1) is 13.8 Å². The number of hydrogen-bond acceptors (Lipinski definition) is 4. The van der Waals surface area contributed by atoms with Gasteiger partial charge < -0.3 is 21.3 Å². The highest BCUT2D eigenvalue weighted by Gasteiger charge is 2.24. The Kier molecular flexibility index (Phi) is 8.27. The predicted octanol–water partition coefficient (Wildman–Crippen LogP) is 1.49. The number of amides is 4. The van der Waals surface area contributed by atoms with Gasteiger partial charge in [-0.15, -0.1) is 0 Å². The standard InChI is InChI=1S/C17H26N4O3S/c1-11-5-6-12(2)14(9-11)19-15(22)10-21(3)16(23)13(7-8-25-4)20-17(18)24/h5-6,9,13H,7-8,10H2,1-4H3,(H,19,22)(H3,18,20,24)/t13-/m1/s1. The van der Waals surface area contributed by atoms with Gasteiger partial charge in [-0.2, -0.15) is 11.8 Å². The zero-order chi connectivity index (χ0) is 19.0. The van der Waals surface area contributed by atoms with E-state index in [2.05, 4.69) is 10.6 Å². The topological polar surface area (TPSA) is 105 Å². The molecular formula is C17H26N4O3S. The highest BCUT2D eigenvalue weighted by Crippen LogP contribution is 2.16. The Morgan fingerprint density at radius 2 is 1.96 bits per heavy atom. The molecule has 0 aliphatic carbocycles. The summed E-state index contributed by atoms with van der Waals surface area (Å²) in [5, 5.41) is 5.25. The van der Waals surface area contributed by atoms with Crippen molar-refractivity contribution in [3.63, 3.8) is 0 Å². The molecule has 1 rings (SSSR count). The molecule has 0 aliphatic rings. The number of hydrogen-bond donors (Lipinski definition) is 3. The number of benzene rings is 1. The number of rotatable bonds is 8. The number of carbonyl (C=O) groups is 3. The van der Waals surface area contributed by atoms with Gasteiger partial charge in [-0.1, -0.05) is 12.1 Å². The van der Waals surface area contributed by atoms with E-state index in [0.29, 0.717) is 12.2 Å². The summed E-state index contributed by atoms with van der Waals surface area (Å²) in [7, 11) is 1.53. The molecule has 0 saturated carbocycles. The van der Waals surface area contributed by atoms with Crippen molar-refractivity contribution in [3.05, 3.63) is 29.3 Å². The molecule has 0 fully saturated rings. The molecule has 0 aliphatic heterocycles. The van der Waals surface area contributed by atoms with Crippen molar-refractivity contribution in [2.75, 3.05) is 30.9 Å². The van der Waals surface area contributed by atoms with Crippen molar-refractivity contribution in [2.24, 2.45) is 5.73 Å². The maximum atomic E-state index is 12.5. The SMILES string of the molecule is CSCC[C@@H](NC(N)=O)C(=O)N(C)CC(=O)Nc1cc(C)ccc1C. The molecule has 0 radical (unpaired) electrons. The molecule has 0 saturated heterocycles. The monoisotopic (exact) mass is 366 g/mol. The quantitative estimate of drug-likeness (QED) is 0.648. The molecule has 138 valence electrons. The number of urea groups is 1. The fraction of sp³-hybridized carbons (Fsp3) is 0.471. The minimum atomic E-state index is -0.757. The first-order valence-electron chi connectivity index (χ1n) is 7.91. The Morgan fingerprint density at radius 1 is 1.28 bits per heavy atom. The zero-order valence-electron chi connectivity index (χ0n) is 15.1. The number of aryl methyl sites for hydroxylation is 2. The van der Waals surface area contributed by atoms with Crippen LogP contribution in [0.3, 0.4) is 0 Å². The normalized spacial score (nSPS) is 11.5. The number of anilines is 1. The second-order valence-electron chi connectivity index (χ2n) is 5.90. The van der Waals surface area contributed by atoms with E-state index in [9.17, 15) is 14.4 Å². The number of carbonyl (C=O) groups excluding carboxylic acids is 3. The van der Waals surface area contributed by atoms with Crippen LogP contribution in [-0.4, -0.2) is 54.4 Å². The Bertz CT molecular complexity index is 636. The fourth-order valence-corrected chi connectivity index (χ4v) is 2.76. The number of primary amides is 1. The van der Waals surface area contributed by atoms with Gasteiger partial charge in [0.15, 0.2) is 0 Å². The number of likely N-dealkylation sites (N-methyl/N-ethyl adjacent to an activating group) is 1. The highest BCUT2D eigenvalue weighted by atomic mass is 32.2. The maximum Gasteiger partial charge on any atom is 0.312 e. The lowest BCUT2D eigenvalue weighted by molar-refractivity contribution is -0.135. The number of nitrogens with one attached hydrogen (secondary N) is 2. The Hall–Kier alpha value is -2.22. The summed E-state index contributed by atoms with van der Waals surface area (Å²) in [6.07, 6.45) is 2.36. The summed E-state index contributed by atoms with van der Waals surface area (Å²) >= 11 is 1.56. The van der Waals surface area contributed by atoms with Crippen LogP contribution in [-0.2, 0) is 9.59 Å². The third kappa shape index (κ3) is 7.04. The van der Waals surface area contributed by atoms with Gasteiger partial charge in [-0.3, -0.25) is 9.59 Å². The largest absolute Gasteiger partial charge is 0.352 e. The first-order chi connectivity index (χ1) is 11.7. The number of nitrogens with zero attached hydrogens (tertiary/aromatic N) is 1. The van der Waals surface area contributed by atoms with E-state index in [1.54, 1.807) is 11.8 Å². The van der Waals surface area contributed by atoms with E-state index in [1.807, 2.05) is 38.3 Å². The first-order valence-corrected chi connectivity index (χ1v) is 9.31. The average Bonchev–Trinajstić information content (AvgIpc) is 2.53. The van der Waals surface area contributed by atoms with Crippen LogP contribution in [0.5, 0.6) is 0 Å². The van der Waals surface area contributed by atoms with E-state index >= 15 is 0 Å². The van der Waals surface area contributed by atoms with E-state index in [1.165, 1.54) is 11.9 Å². The van der Waals surface area contributed by atoms with Crippen LogP contribution in [0.2, 0.25) is 0 Å². The van der Waals surface area contributed by atoms with Crippen LogP contribution in [0.4, 0.5) is 10.5 Å². The van der Waals surface area contributed by atoms with E-state index < -0.39 is 12.1 Å². The van der Waals surface area contributed by atoms with Crippen molar-refractivity contribution >= 4 is 35.3 Å². The van der Waals surface area contributed by atoms with Gasteiger partial charge in [0.25, 0.3) is 0 Å². The fourth-order valence-electron chi connectivity index (χ4n) is 2.28. The Labute approximate surface area is 152 Å². The van der Waals surface area contributed by atoms with Crippen molar-refractivity contribution < 1.29 is 14.4 Å². The smallest absolute Gasteiger partial charge is 0.312 e. The number of nitrogens with two attached hydrogens (primary N) is 1. The second-order valence-corrected chi connectivity index (χ2v) is 6.89. The zero-order valence-corrected chi connectivity index (χ0v) is 15.9. The molecule has 7 nitrogen and oxygen atoms in total. The molecule has 0 bridgehead atoms.